The molecule has 3 aromatic carbocycles. The molecule has 0 spiro atoms. The van der Waals surface area contributed by atoms with Crippen LogP contribution in [0, 0.1) is 6.92 Å². The van der Waals surface area contributed by atoms with E-state index < -0.39 is 0 Å². The number of ether oxygens (including phenoxy) is 2. The second-order valence-electron chi connectivity index (χ2n) is 7.73. The van der Waals surface area contributed by atoms with Crippen molar-refractivity contribution in [3.63, 3.8) is 0 Å². The van der Waals surface area contributed by atoms with Gasteiger partial charge in [0.25, 0.3) is 0 Å². The topological polar surface area (TPSA) is 84.9 Å². The monoisotopic (exact) mass is 471 g/mol. The number of nitrogens with one attached hydrogen (secondary N) is 2. The van der Waals surface area contributed by atoms with Gasteiger partial charge in [-0.05, 0) is 36.8 Å². The van der Waals surface area contributed by atoms with Crippen LogP contribution in [0.15, 0.2) is 67.1 Å². The summed E-state index contributed by atoms with van der Waals surface area (Å²) in [6.45, 7) is 2.07. The fourth-order valence-corrected chi connectivity index (χ4v) is 4.08. The molecular weight excluding hydrogens is 450 g/mol. The molecule has 0 amide bonds. The number of H-pyrrole nitrogens is 1. The molecule has 0 bridgehead atoms. The highest BCUT2D eigenvalue weighted by Gasteiger charge is 2.14. The maximum absolute atomic E-state index is 6.55. The zero-order valence-electron chi connectivity index (χ0n) is 18.9. The van der Waals surface area contributed by atoms with Crippen molar-refractivity contribution < 1.29 is 9.47 Å². The summed E-state index contributed by atoms with van der Waals surface area (Å²) in [5.41, 5.74) is 5.46. The van der Waals surface area contributed by atoms with Crippen molar-refractivity contribution in [3.05, 3.63) is 77.7 Å². The molecule has 0 aliphatic carbocycles. The lowest BCUT2D eigenvalue weighted by Gasteiger charge is -2.13. The third kappa shape index (κ3) is 4.02. The lowest BCUT2D eigenvalue weighted by molar-refractivity contribution is 0.397. The van der Waals surface area contributed by atoms with Crippen molar-refractivity contribution in [1.82, 2.24) is 19.9 Å². The fourth-order valence-electron chi connectivity index (χ4n) is 3.87. The van der Waals surface area contributed by atoms with Gasteiger partial charge in [0.1, 0.15) is 35.0 Å². The summed E-state index contributed by atoms with van der Waals surface area (Å²) in [4.78, 5) is 16.8. The van der Waals surface area contributed by atoms with Gasteiger partial charge in [-0.25, -0.2) is 15.0 Å². The van der Waals surface area contributed by atoms with Crippen LogP contribution in [0.3, 0.4) is 0 Å². The number of benzene rings is 3. The third-order valence-corrected chi connectivity index (χ3v) is 5.96. The van der Waals surface area contributed by atoms with Crippen LogP contribution in [0.5, 0.6) is 11.5 Å². The molecule has 0 radical (unpaired) electrons. The Morgan fingerprint density at radius 2 is 1.76 bits per heavy atom. The van der Waals surface area contributed by atoms with Gasteiger partial charge in [-0.3, -0.25) is 0 Å². The highest BCUT2D eigenvalue weighted by Crippen LogP contribution is 2.35. The number of halogens is 1. The molecular formula is C26H22ClN5O2. The molecule has 0 aliphatic rings. The molecule has 2 heterocycles. The summed E-state index contributed by atoms with van der Waals surface area (Å²) in [5, 5.41) is 4.74. The summed E-state index contributed by atoms with van der Waals surface area (Å²) in [5.74, 6) is 2.56. The van der Waals surface area contributed by atoms with Crippen molar-refractivity contribution in [2.45, 2.75) is 6.92 Å². The Bertz CT molecular complexity index is 1500. The number of hydrogen-bond donors (Lipinski definition) is 2. The molecule has 8 heteroatoms. The Hall–Kier alpha value is -4.10. The first-order chi connectivity index (χ1) is 16.6. The zero-order chi connectivity index (χ0) is 23.7. The number of aromatic amines is 1. The summed E-state index contributed by atoms with van der Waals surface area (Å²) in [6, 6.07) is 17.5. The number of aromatic nitrogens is 4. The first kappa shape index (κ1) is 21.7. The lowest BCUT2D eigenvalue weighted by Crippen LogP contribution is -1.99. The SMILES string of the molecule is COc1cc(OC)c2ncnc(Nc3ccc(Cl)c(-c4ncc(-c5ccccc5C)[nH]4)c3)c2c1. The number of methoxy groups -OCH3 is 2. The van der Waals surface area contributed by atoms with Crippen molar-refractivity contribution in [3.8, 4) is 34.1 Å². The van der Waals surface area contributed by atoms with E-state index in [0.29, 0.717) is 33.7 Å². The molecule has 5 rings (SSSR count). The van der Waals surface area contributed by atoms with E-state index in [4.69, 9.17) is 21.1 Å². The minimum atomic E-state index is 0.590. The van der Waals surface area contributed by atoms with E-state index in [1.165, 1.54) is 11.9 Å². The Morgan fingerprint density at radius 3 is 2.56 bits per heavy atom. The van der Waals surface area contributed by atoms with E-state index in [1.807, 2.05) is 42.6 Å². The number of rotatable bonds is 6. The number of hydrogen-bond acceptors (Lipinski definition) is 6. The fraction of sp³-hybridized carbons (Fsp3) is 0.115. The molecule has 5 aromatic rings. The standard InChI is InChI=1S/C26H22ClN5O2/c1-15-6-4-5-7-18(15)22-13-28-25(32-22)19-10-16(8-9-21(19)27)31-26-20-11-17(33-2)12-23(34-3)24(20)29-14-30-26/h4-14H,1-3H3,(H,28,32)(H,29,30,31). The zero-order valence-corrected chi connectivity index (χ0v) is 19.6. The number of nitrogens with zero attached hydrogens (tertiary/aromatic N) is 3. The van der Waals surface area contributed by atoms with Gasteiger partial charge in [-0.15, -0.1) is 0 Å². The number of imidazole rings is 1. The first-order valence-corrected chi connectivity index (χ1v) is 11.0. The van der Waals surface area contributed by atoms with Crippen LogP contribution in [-0.2, 0) is 0 Å². The highest BCUT2D eigenvalue weighted by molar-refractivity contribution is 6.33. The smallest absolute Gasteiger partial charge is 0.148 e. The van der Waals surface area contributed by atoms with Crippen LogP contribution in [0.4, 0.5) is 11.5 Å². The molecule has 0 fully saturated rings. The van der Waals surface area contributed by atoms with Crippen molar-refractivity contribution in [2.75, 3.05) is 19.5 Å². The van der Waals surface area contributed by atoms with Gasteiger partial charge in [0.2, 0.25) is 0 Å². The Balaban J connectivity index is 1.52. The molecule has 2 aromatic heterocycles. The highest BCUT2D eigenvalue weighted by atomic mass is 35.5. The maximum Gasteiger partial charge on any atom is 0.148 e. The van der Waals surface area contributed by atoms with Gasteiger partial charge in [0.15, 0.2) is 0 Å². The van der Waals surface area contributed by atoms with Gasteiger partial charge in [-0.2, -0.15) is 0 Å². The van der Waals surface area contributed by atoms with Gasteiger partial charge < -0.3 is 19.8 Å². The molecule has 0 saturated heterocycles. The predicted octanol–water partition coefficient (Wildman–Crippen LogP) is 6.41. The Morgan fingerprint density at radius 1 is 0.912 bits per heavy atom. The van der Waals surface area contributed by atoms with Crippen LogP contribution < -0.4 is 14.8 Å². The molecule has 170 valence electrons. The lowest BCUT2D eigenvalue weighted by atomic mass is 10.1. The summed E-state index contributed by atoms with van der Waals surface area (Å²) in [6.07, 6.45) is 3.32. The van der Waals surface area contributed by atoms with Gasteiger partial charge in [-0.1, -0.05) is 35.9 Å². The van der Waals surface area contributed by atoms with Gasteiger partial charge >= 0.3 is 0 Å². The van der Waals surface area contributed by atoms with E-state index in [2.05, 4.69) is 44.3 Å². The number of aryl methyl sites for hydroxylation is 1. The Labute approximate surface area is 201 Å². The quantitative estimate of drug-likeness (QED) is 0.297. The van der Waals surface area contributed by atoms with E-state index in [9.17, 15) is 0 Å². The average molecular weight is 472 g/mol. The van der Waals surface area contributed by atoms with E-state index in [1.54, 1.807) is 20.3 Å². The van der Waals surface area contributed by atoms with Gasteiger partial charge in [0.05, 0.1) is 36.5 Å². The van der Waals surface area contributed by atoms with Crippen LogP contribution in [0.1, 0.15) is 5.56 Å². The van der Waals surface area contributed by atoms with Crippen LogP contribution in [0.25, 0.3) is 33.5 Å². The summed E-state index contributed by atoms with van der Waals surface area (Å²) >= 11 is 6.55. The second kappa shape index (κ2) is 9.03. The third-order valence-electron chi connectivity index (χ3n) is 5.63. The minimum absolute atomic E-state index is 0.590. The largest absolute Gasteiger partial charge is 0.497 e. The van der Waals surface area contributed by atoms with E-state index >= 15 is 0 Å². The van der Waals surface area contributed by atoms with Crippen molar-refractivity contribution in [1.29, 1.82) is 0 Å². The van der Waals surface area contributed by atoms with E-state index in [0.717, 1.165) is 27.9 Å². The first-order valence-electron chi connectivity index (χ1n) is 10.6. The summed E-state index contributed by atoms with van der Waals surface area (Å²) < 4.78 is 10.9. The normalized spacial score (nSPS) is 10.9. The van der Waals surface area contributed by atoms with Crippen LogP contribution >= 0.6 is 11.6 Å². The minimum Gasteiger partial charge on any atom is -0.497 e. The second-order valence-corrected chi connectivity index (χ2v) is 8.14. The molecule has 0 aliphatic heterocycles. The molecule has 2 N–H and O–H groups in total. The summed E-state index contributed by atoms with van der Waals surface area (Å²) in [7, 11) is 3.21. The van der Waals surface area contributed by atoms with Crippen LogP contribution in [0.2, 0.25) is 5.02 Å². The van der Waals surface area contributed by atoms with E-state index in [-0.39, 0.29) is 0 Å². The van der Waals surface area contributed by atoms with Crippen molar-refractivity contribution in [2.24, 2.45) is 0 Å². The van der Waals surface area contributed by atoms with Crippen LogP contribution in [-0.4, -0.2) is 34.2 Å². The Kier molecular flexibility index (Phi) is 5.77. The van der Waals surface area contributed by atoms with Gasteiger partial charge in [0, 0.05) is 22.9 Å². The molecule has 7 nitrogen and oxygen atoms in total. The molecule has 0 saturated carbocycles. The average Bonchev–Trinajstić information content (AvgIpc) is 3.35. The number of anilines is 2. The number of fused-ring (bicyclic) bond motifs is 1. The molecule has 0 unspecified atom stereocenters. The predicted molar refractivity (Wildman–Crippen MR) is 135 cm³/mol. The molecule has 0 atom stereocenters. The maximum atomic E-state index is 6.55. The van der Waals surface area contributed by atoms with Crippen molar-refractivity contribution >= 4 is 34.0 Å². The molecule has 34 heavy (non-hydrogen) atoms.